The summed E-state index contributed by atoms with van der Waals surface area (Å²) in [6, 6.07) is 0. The number of hydrogen-bond acceptors (Lipinski definition) is 2. The van der Waals surface area contributed by atoms with Gasteiger partial charge in [-0.15, -0.1) is 0 Å². The summed E-state index contributed by atoms with van der Waals surface area (Å²) in [7, 11) is 0. The molecular formula is C17H34N2. The first-order valence-corrected chi connectivity index (χ1v) is 8.72. The number of unbranched alkanes of at least 4 members (excludes halogenated alkanes) is 5. The molecule has 1 aliphatic carbocycles. The van der Waals surface area contributed by atoms with Crippen molar-refractivity contribution in [3.05, 3.63) is 0 Å². The number of rotatable bonds is 8. The maximum absolute atomic E-state index is 3.83. The van der Waals surface area contributed by atoms with Gasteiger partial charge in [0.15, 0.2) is 0 Å². The third kappa shape index (κ3) is 5.07. The molecule has 0 aromatic carbocycles. The van der Waals surface area contributed by atoms with Crippen LogP contribution in [0, 0.1) is 5.92 Å². The molecule has 1 atom stereocenters. The van der Waals surface area contributed by atoms with Crippen LogP contribution in [-0.4, -0.2) is 36.6 Å². The van der Waals surface area contributed by atoms with Gasteiger partial charge in [0.25, 0.3) is 0 Å². The molecule has 2 nitrogen and oxygen atoms in total. The zero-order chi connectivity index (χ0) is 13.6. The van der Waals surface area contributed by atoms with Crippen LogP contribution in [0.3, 0.4) is 0 Å². The van der Waals surface area contributed by atoms with Gasteiger partial charge in [-0.1, -0.05) is 39.0 Å². The average Bonchev–Trinajstić information content (AvgIpc) is 3.21. The highest BCUT2D eigenvalue weighted by Crippen LogP contribution is 2.40. The quantitative estimate of drug-likeness (QED) is 0.672. The van der Waals surface area contributed by atoms with Crippen LogP contribution < -0.4 is 5.32 Å². The van der Waals surface area contributed by atoms with Gasteiger partial charge >= 0.3 is 0 Å². The Morgan fingerprint density at radius 2 is 1.84 bits per heavy atom. The van der Waals surface area contributed by atoms with E-state index in [1.165, 1.54) is 84.0 Å². The molecule has 0 amide bonds. The number of nitrogens with one attached hydrogen (secondary N) is 1. The molecular weight excluding hydrogens is 232 g/mol. The fraction of sp³-hybridized carbons (Fsp3) is 1.00. The van der Waals surface area contributed by atoms with Crippen molar-refractivity contribution in [1.82, 2.24) is 10.2 Å². The van der Waals surface area contributed by atoms with E-state index in [4.69, 9.17) is 0 Å². The van der Waals surface area contributed by atoms with Gasteiger partial charge in [-0.2, -0.15) is 0 Å². The summed E-state index contributed by atoms with van der Waals surface area (Å²) in [6.45, 7) is 9.90. The predicted molar refractivity (Wildman–Crippen MR) is 83.6 cm³/mol. The van der Waals surface area contributed by atoms with E-state index >= 15 is 0 Å². The van der Waals surface area contributed by atoms with Crippen LogP contribution in [0.1, 0.15) is 71.6 Å². The molecule has 0 radical (unpaired) electrons. The van der Waals surface area contributed by atoms with E-state index in [0.29, 0.717) is 5.54 Å². The van der Waals surface area contributed by atoms with Crippen LogP contribution in [0.5, 0.6) is 0 Å². The SMILES string of the molecule is CCCCCCCCN1CCCNC(C)(C2CC2)C1. The van der Waals surface area contributed by atoms with Gasteiger partial charge in [-0.3, -0.25) is 0 Å². The standard InChI is InChI=1S/C17H34N2/c1-3-4-5-6-7-8-13-19-14-9-12-18-17(2,15-19)16-10-11-16/h16,18H,3-15H2,1-2H3. The molecule has 1 heterocycles. The summed E-state index contributed by atoms with van der Waals surface area (Å²) in [5, 5.41) is 3.83. The van der Waals surface area contributed by atoms with Crippen molar-refractivity contribution in [2.24, 2.45) is 5.92 Å². The largest absolute Gasteiger partial charge is 0.310 e. The Morgan fingerprint density at radius 1 is 1.11 bits per heavy atom. The van der Waals surface area contributed by atoms with Crippen molar-refractivity contribution in [2.75, 3.05) is 26.2 Å². The minimum absolute atomic E-state index is 0.415. The Hall–Kier alpha value is -0.0800. The zero-order valence-electron chi connectivity index (χ0n) is 13.2. The Balaban J connectivity index is 1.64. The van der Waals surface area contributed by atoms with Gasteiger partial charge in [0, 0.05) is 12.1 Å². The van der Waals surface area contributed by atoms with E-state index < -0.39 is 0 Å². The van der Waals surface area contributed by atoms with Crippen LogP contribution in [0.4, 0.5) is 0 Å². The molecule has 0 aromatic heterocycles. The summed E-state index contributed by atoms with van der Waals surface area (Å²) in [5.74, 6) is 0.956. The van der Waals surface area contributed by atoms with Crippen molar-refractivity contribution in [3.8, 4) is 0 Å². The maximum Gasteiger partial charge on any atom is 0.0308 e. The van der Waals surface area contributed by atoms with Gasteiger partial charge in [0.1, 0.15) is 0 Å². The minimum atomic E-state index is 0.415. The molecule has 1 saturated carbocycles. The van der Waals surface area contributed by atoms with Gasteiger partial charge in [-0.05, 0) is 58.2 Å². The summed E-state index contributed by atoms with van der Waals surface area (Å²) < 4.78 is 0. The second kappa shape index (κ2) is 7.64. The molecule has 0 aromatic rings. The highest BCUT2D eigenvalue weighted by molar-refractivity contribution is 5.00. The Labute approximate surface area is 120 Å². The lowest BCUT2D eigenvalue weighted by atomic mass is 9.95. The number of nitrogens with zero attached hydrogens (tertiary/aromatic N) is 1. The first-order valence-electron chi connectivity index (χ1n) is 8.72. The second-order valence-electron chi connectivity index (χ2n) is 7.02. The van der Waals surface area contributed by atoms with Crippen molar-refractivity contribution in [3.63, 3.8) is 0 Å². The summed E-state index contributed by atoms with van der Waals surface area (Å²) in [4.78, 5) is 2.73. The molecule has 1 aliphatic heterocycles. The summed E-state index contributed by atoms with van der Waals surface area (Å²) in [5.41, 5.74) is 0.415. The molecule has 2 rings (SSSR count). The molecule has 2 heteroatoms. The van der Waals surface area contributed by atoms with E-state index in [2.05, 4.69) is 24.1 Å². The molecule has 2 aliphatic rings. The van der Waals surface area contributed by atoms with E-state index in [1.54, 1.807) is 0 Å². The number of hydrogen-bond donors (Lipinski definition) is 1. The van der Waals surface area contributed by atoms with Crippen LogP contribution in [0.2, 0.25) is 0 Å². The van der Waals surface area contributed by atoms with Crippen LogP contribution in [0.25, 0.3) is 0 Å². The molecule has 1 unspecified atom stereocenters. The smallest absolute Gasteiger partial charge is 0.0308 e. The lowest BCUT2D eigenvalue weighted by Gasteiger charge is -2.34. The fourth-order valence-electron chi connectivity index (χ4n) is 3.58. The van der Waals surface area contributed by atoms with Crippen molar-refractivity contribution in [2.45, 2.75) is 77.2 Å². The van der Waals surface area contributed by atoms with E-state index in [9.17, 15) is 0 Å². The normalized spacial score (nSPS) is 29.4. The van der Waals surface area contributed by atoms with Crippen molar-refractivity contribution in [1.29, 1.82) is 0 Å². The average molecular weight is 266 g/mol. The van der Waals surface area contributed by atoms with Crippen LogP contribution >= 0.6 is 0 Å². The molecule has 19 heavy (non-hydrogen) atoms. The van der Waals surface area contributed by atoms with Gasteiger partial charge < -0.3 is 10.2 Å². The third-order valence-electron chi connectivity index (χ3n) is 5.04. The third-order valence-corrected chi connectivity index (χ3v) is 5.04. The van der Waals surface area contributed by atoms with E-state index in [1.807, 2.05) is 0 Å². The topological polar surface area (TPSA) is 15.3 Å². The Morgan fingerprint density at radius 3 is 2.58 bits per heavy atom. The van der Waals surface area contributed by atoms with Gasteiger partial charge in [0.05, 0.1) is 0 Å². The summed E-state index contributed by atoms with van der Waals surface area (Å²) in [6.07, 6.45) is 12.7. The predicted octanol–water partition coefficient (Wildman–Crippen LogP) is 3.81. The maximum atomic E-state index is 3.83. The first-order chi connectivity index (χ1) is 9.24. The molecule has 0 bridgehead atoms. The summed E-state index contributed by atoms with van der Waals surface area (Å²) >= 11 is 0. The van der Waals surface area contributed by atoms with Gasteiger partial charge in [-0.25, -0.2) is 0 Å². The van der Waals surface area contributed by atoms with E-state index in [-0.39, 0.29) is 0 Å². The lowest BCUT2D eigenvalue weighted by Crippen LogP contribution is -2.51. The highest BCUT2D eigenvalue weighted by Gasteiger charge is 2.42. The van der Waals surface area contributed by atoms with Crippen LogP contribution in [-0.2, 0) is 0 Å². The molecule has 1 saturated heterocycles. The second-order valence-corrected chi connectivity index (χ2v) is 7.02. The lowest BCUT2D eigenvalue weighted by molar-refractivity contribution is 0.198. The first kappa shape index (κ1) is 15.3. The fourth-order valence-corrected chi connectivity index (χ4v) is 3.58. The Bertz CT molecular complexity index is 250. The molecule has 0 spiro atoms. The minimum Gasteiger partial charge on any atom is -0.310 e. The zero-order valence-corrected chi connectivity index (χ0v) is 13.2. The molecule has 112 valence electrons. The van der Waals surface area contributed by atoms with Gasteiger partial charge in [0.2, 0.25) is 0 Å². The van der Waals surface area contributed by atoms with E-state index in [0.717, 1.165) is 5.92 Å². The monoisotopic (exact) mass is 266 g/mol. The Kier molecular flexibility index (Phi) is 6.15. The van der Waals surface area contributed by atoms with Crippen molar-refractivity contribution >= 4 is 0 Å². The molecule has 2 fully saturated rings. The van der Waals surface area contributed by atoms with Crippen molar-refractivity contribution < 1.29 is 0 Å². The van der Waals surface area contributed by atoms with Crippen LogP contribution in [0.15, 0.2) is 0 Å². The molecule has 1 N–H and O–H groups in total. The highest BCUT2D eigenvalue weighted by atomic mass is 15.2.